The summed E-state index contributed by atoms with van der Waals surface area (Å²) in [5, 5.41) is 0. The number of imidazole rings is 1. The minimum absolute atomic E-state index is 0.550. The molecule has 0 atom stereocenters. The minimum atomic E-state index is 0.550. The summed E-state index contributed by atoms with van der Waals surface area (Å²) in [5.41, 5.74) is 3.35. The molecule has 74 valence electrons. The molecule has 3 heteroatoms. The van der Waals surface area contributed by atoms with Crippen molar-refractivity contribution in [3.63, 3.8) is 0 Å². The van der Waals surface area contributed by atoms with Gasteiger partial charge < -0.3 is 4.57 Å². The van der Waals surface area contributed by atoms with Gasteiger partial charge in [0.25, 0.3) is 0 Å². The number of benzene rings is 1. The summed E-state index contributed by atoms with van der Waals surface area (Å²) < 4.78 is 2.13. The first-order chi connectivity index (χ1) is 6.76. The van der Waals surface area contributed by atoms with Crippen LogP contribution in [0.2, 0.25) is 0 Å². The van der Waals surface area contributed by atoms with Crippen LogP contribution in [0.5, 0.6) is 0 Å². The molecular weight excluding hydrogens is 196 g/mol. The van der Waals surface area contributed by atoms with Crippen LogP contribution in [0.1, 0.15) is 18.3 Å². The molecule has 0 saturated carbocycles. The number of aromatic nitrogens is 2. The topological polar surface area (TPSA) is 17.8 Å². The van der Waals surface area contributed by atoms with Gasteiger partial charge in [-0.05, 0) is 17.7 Å². The Morgan fingerprint density at radius 2 is 2.21 bits per heavy atom. The smallest absolute Gasteiger partial charge is 0.109 e. The molecule has 0 radical (unpaired) electrons. The SMILES string of the molecule is CCc1nc2cc(CCl)ccc2n1C. The zero-order chi connectivity index (χ0) is 10.1. The molecule has 2 nitrogen and oxygen atoms in total. The van der Waals surface area contributed by atoms with E-state index in [-0.39, 0.29) is 0 Å². The lowest BCUT2D eigenvalue weighted by molar-refractivity contribution is 0.829. The number of hydrogen-bond acceptors (Lipinski definition) is 1. The van der Waals surface area contributed by atoms with Crippen molar-refractivity contribution in [1.82, 2.24) is 9.55 Å². The van der Waals surface area contributed by atoms with Crippen molar-refractivity contribution < 1.29 is 0 Å². The Hall–Kier alpha value is -1.02. The Morgan fingerprint density at radius 3 is 2.86 bits per heavy atom. The van der Waals surface area contributed by atoms with Crippen LogP contribution in [0.4, 0.5) is 0 Å². The molecule has 0 amide bonds. The third kappa shape index (κ3) is 1.40. The second kappa shape index (κ2) is 3.62. The highest BCUT2D eigenvalue weighted by Gasteiger charge is 2.05. The fraction of sp³-hybridized carbons (Fsp3) is 0.364. The number of halogens is 1. The van der Waals surface area contributed by atoms with E-state index in [0.717, 1.165) is 23.3 Å². The number of aryl methyl sites for hydroxylation is 2. The molecule has 1 heterocycles. The summed E-state index contributed by atoms with van der Waals surface area (Å²) in [7, 11) is 2.05. The van der Waals surface area contributed by atoms with Gasteiger partial charge in [0, 0.05) is 19.3 Å². The van der Waals surface area contributed by atoms with Crippen molar-refractivity contribution in [2.45, 2.75) is 19.2 Å². The summed E-state index contributed by atoms with van der Waals surface area (Å²) in [6, 6.07) is 6.19. The lowest BCUT2D eigenvalue weighted by Gasteiger charge is -1.98. The molecule has 1 aromatic heterocycles. The third-order valence-corrected chi connectivity index (χ3v) is 2.82. The Balaban J connectivity index is 2.66. The summed E-state index contributed by atoms with van der Waals surface area (Å²) in [4.78, 5) is 4.54. The first-order valence-corrected chi connectivity index (χ1v) is 5.30. The first-order valence-electron chi connectivity index (χ1n) is 4.76. The van der Waals surface area contributed by atoms with Gasteiger partial charge in [-0.2, -0.15) is 0 Å². The van der Waals surface area contributed by atoms with E-state index in [1.54, 1.807) is 0 Å². The van der Waals surface area contributed by atoms with Crippen molar-refractivity contribution in [3.05, 3.63) is 29.6 Å². The molecule has 2 aromatic rings. The maximum atomic E-state index is 5.77. The lowest BCUT2D eigenvalue weighted by atomic mass is 10.2. The average molecular weight is 209 g/mol. The second-order valence-electron chi connectivity index (χ2n) is 3.40. The van der Waals surface area contributed by atoms with Crippen LogP contribution in [0.3, 0.4) is 0 Å². The van der Waals surface area contributed by atoms with E-state index in [2.05, 4.69) is 41.7 Å². The molecule has 0 spiro atoms. The van der Waals surface area contributed by atoms with E-state index >= 15 is 0 Å². The molecule has 2 rings (SSSR count). The molecule has 0 N–H and O–H groups in total. The molecule has 0 saturated heterocycles. The van der Waals surface area contributed by atoms with Crippen LogP contribution >= 0.6 is 11.6 Å². The van der Waals surface area contributed by atoms with E-state index in [9.17, 15) is 0 Å². The molecule has 0 aliphatic heterocycles. The van der Waals surface area contributed by atoms with Gasteiger partial charge in [0.15, 0.2) is 0 Å². The fourth-order valence-electron chi connectivity index (χ4n) is 1.69. The van der Waals surface area contributed by atoms with Crippen molar-refractivity contribution in [2.75, 3.05) is 0 Å². The third-order valence-electron chi connectivity index (χ3n) is 2.51. The maximum absolute atomic E-state index is 5.77. The second-order valence-corrected chi connectivity index (χ2v) is 3.66. The van der Waals surface area contributed by atoms with Crippen LogP contribution in [-0.2, 0) is 19.3 Å². The van der Waals surface area contributed by atoms with E-state index in [4.69, 9.17) is 11.6 Å². The molecular formula is C11H13ClN2. The number of fused-ring (bicyclic) bond motifs is 1. The number of alkyl halides is 1. The Kier molecular flexibility index (Phi) is 2.46. The van der Waals surface area contributed by atoms with Gasteiger partial charge in [0.1, 0.15) is 5.82 Å². The summed E-state index contributed by atoms with van der Waals surface area (Å²) in [5.74, 6) is 1.67. The van der Waals surface area contributed by atoms with Crippen LogP contribution in [0.15, 0.2) is 18.2 Å². The quantitative estimate of drug-likeness (QED) is 0.694. The first kappa shape index (κ1) is 9.53. The molecule has 1 aromatic carbocycles. The van der Waals surface area contributed by atoms with Gasteiger partial charge in [-0.1, -0.05) is 13.0 Å². The van der Waals surface area contributed by atoms with Gasteiger partial charge >= 0.3 is 0 Å². The highest BCUT2D eigenvalue weighted by Crippen LogP contribution is 2.17. The average Bonchev–Trinajstić information content (AvgIpc) is 2.55. The van der Waals surface area contributed by atoms with Gasteiger partial charge in [-0.15, -0.1) is 11.6 Å². The normalized spacial score (nSPS) is 11.1. The monoisotopic (exact) mass is 208 g/mol. The lowest BCUT2D eigenvalue weighted by Crippen LogP contribution is -1.94. The number of hydrogen-bond donors (Lipinski definition) is 0. The Morgan fingerprint density at radius 1 is 1.43 bits per heavy atom. The molecule has 0 bridgehead atoms. The summed E-state index contributed by atoms with van der Waals surface area (Å²) in [6.45, 7) is 2.11. The fourth-order valence-corrected chi connectivity index (χ4v) is 1.86. The Labute approximate surface area is 88.5 Å². The van der Waals surface area contributed by atoms with E-state index in [0.29, 0.717) is 5.88 Å². The maximum Gasteiger partial charge on any atom is 0.109 e. The summed E-state index contributed by atoms with van der Waals surface area (Å²) in [6.07, 6.45) is 0.960. The van der Waals surface area contributed by atoms with E-state index < -0.39 is 0 Å². The zero-order valence-corrected chi connectivity index (χ0v) is 9.17. The van der Waals surface area contributed by atoms with Gasteiger partial charge in [-0.3, -0.25) is 0 Å². The highest BCUT2D eigenvalue weighted by molar-refractivity contribution is 6.17. The van der Waals surface area contributed by atoms with Gasteiger partial charge in [0.05, 0.1) is 11.0 Å². The van der Waals surface area contributed by atoms with Crippen LogP contribution in [0, 0.1) is 0 Å². The minimum Gasteiger partial charge on any atom is -0.331 e. The van der Waals surface area contributed by atoms with E-state index in [1.807, 2.05) is 0 Å². The van der Waals surface area contributed by atoms with Crippen LogP contribution in [-0.4, -0.2) is 9.55 Å². The van der Waals surface area contributed by atoms with Crippen LogP contribution in [0.25, 0.3) is 11.0 Å². The van der Waals surface area contributed by atoms with Crippen molar-refractivity contribution in [3.8, 4) is 0 Å². The zero-order valence-electron chi connectivity index (χ0n) is 8.42. The molecule has 0 unspecified atom stereocenters. The molecule has 0 aliphatic rings. The molecule has 14 heavy (non-hydrogen) atoms. The largest absolute Gasteiger partial charge is 0.331 e. The van der Waals surface area contributed by atoms with Crippen molar-refractivity contribution in [2.24, 2.45) is 7.05 Å². The standard InChI is InChI=1S/C11H13ClN2/c1-3-11-13-9-6-8(7-12)4-5-10(9)14(11)2/h4-6H,3,7H2,1-2H3. The summed E-state index contributed by atoms with van der Waals surface area (Å²) >= 11 is 5.77. The predicted molar refractivity (Wildman–Crippen MR) is 59.6 cm³/mol. The number of nitrogens with zero attached hydrogens (tertiary/aromatic N) is 2. The van der Waals surface area contributed by atoms with Crippen molar-refractivity contribution >= 4 is 22.6 Å². The number of rotatable bonds is 2. The van der Waals surface area contributed by atoms with Crippen LogP contribution < -0.4 is 0 Å². The highest BCUT2D eigenvalue weighted by atomic mass is 35.5. The van der Waals surface area contributed by atoms with Gasteiger partial charge in [0.2, 0.25) is 0 Å². The van der Waals surface area contributed by atoms with Crippen molar-refractivity contribution in [1.29, 1.82) is 0 Å². The Bertz CT molecular complexity index is 460. The van der Waals surface area contributed by atoms with Gasteiger partial charge in [-0.25, -0.2) is 4.98 Å². The molecule has 0 aliphatic carbocycles. The molecule has 0 fully saturated rings. The predicted octanol–water partition coefficient (Wildman–Crippen LogP) is 2.87. The van der Waals surface area contributed by atoms with E-state index in [1.165, 1.54) is 5.52 Å².